The zero-order chi connectivity index (χ0) is 42.9. The Bertz CT molecular complexity index is 3490. The van der Waals surface area contributed by atoms with Crippen LogP contribution in [0.3, 0.4) is 0 Å². The van der Waals surface area contributed by atoms with Crippen LogP contribution in [0.4, 0.5) is 34.1 Å². The molecule has 0 N–H and O–H groups in total. The van der Waals surface area contributed by atoms with Gasteiger partial charge in [-0.25, -0.2) is 0 Å². The number of anilines is 6. The number of benzene rings is 10. The lowest BCUT2D eigenvalue weighted by atomic mass is 9.66. The molecular formula is C61H40N2O2. The summed E-state index contributed by atoms with van der Waals surface area (Å²) in [5, 5.41) is 2.18. The number of para-hydroxylation sites is 5. The van der Waals surface area contributed by atoms with Crippen molar-refractivity contribution in [1.82, 2.24) is 0 Å². The molecule has 65 heavy (non-hydrogen) atoms. The lowest BCUT2D eigenvalue weighted by molar-refractivity contribution is 0.436. The van der Waals surface area contributed by atoms with Gasteiger partial charge in [-0.1, -0.05) is 146 Å². The third-order valence-corrected chi connectivity index (χ3v) is 13.3. The quantitative estimate of drug-likeness (QED) is 0.160. The Kier molecular flexibility index (Phi) is 8.40. The van der Waals surface area contributed by atoms with E-state index in [1.807, 2.05) is 12.1 Å². The van der Waals surface area contributed by atoms with Gasteiger partial charge >= 0.3 is 0 Å². The van der Waals surface area contributed by atoms with E-state index in [0.717, 1.165) is 89.8 Å². The zero-order valence-corrected chi connectivity index (χ0v) is 35.3. The minimum atomic E-state index is -0.536. The fourth-order valence-corrected chi connectivity index (χ4v) is 10.5. The van der Waals surface area contributed by atoms with Gasteiger partial charge in [0.05, 0.1) is 5.41 Å². The van der Waals surface area contributed by atoms with Crippen LogP contribution in [0.5, 0.6) is 11.5 Å². The number of furan rings is 1. The van der Waals surface area contributed by atoms with Crippen molar-refractivity contribution < 1.29 is 9.15 Å². The van der Waals surface area contributed by atoms with Crippen LogP contribution in [0.15, 0.2) is 247 Å². The van der Waals surface area contributed by atoms with Gasteiger partial charge < -0.3 is 19.0 Å². The van der Waals surface area contributed by atoms with E-state index in [4.69, 9.17) is 9.15 Å². The normalized spacial score (nSPS) is 12.9. The van der Waals surface area contributed by atoms with Gasteiger partial charge in [-0.2, -0.15) is 0 Å². The Balaban J connectivity index is 0.944. The van der Waals surface area contributed by atoms with Crippen molar-refractivity contribution in [3.63, 3.8) is 0 Å². The number of rotatable bonds is 7. The summed E-state index contributed by atoms with van der Waals surface area (Å²) in [5.74, 6) is 1.78. The van der Waals surface area contributed by atoms with Crippen LogP contribution in [0, 0.1) is 0 Å². The molecule has 0 saturated heterocycles. The summed E-state index contributed by atoms with van der Waals surface area (Å²) in [5.41, 5.74) is 17.3. The van der Waals surface area contributed by atoms with Crippen LogP contribution in [0.25, 0.3) is 44.2 Å². The molecule has 10 aromatic carbocycles. The Labute approximate surface area is 377 Å². The summed E-state index contributed by atoms with van der Waals surface area (Å²) < 4.78 is 12.9. The van der Waals surface area contributed by atoms with Crippen LogP contribution in [0.2, 0.25) is 0 Å². The molecule has 0 radical (unpaired) electrons. The molecule has 306 valence electrons. The molecule has 0 saturated carbocycles. The largest absolute Gasteiger partial charge is 0.457 e. The Morgan fingerprint density at radius 3 is 1.38 bits per heavy atom. The molecule has 2 heterocycles. The van der Waals surface area contributed by atoms with Gasteiger partial charge in [0.2, 0.25) is 0 Å². The molecule has 0 bridgehead atoms. The van der Waals surface area contributed by atoms with E-state index in [2.05, 4.69) is 240 Å². The molecule has 0 unspecified atom stereocenters. The van der Waals surface area contributed by atoms with Crippen LogP contribution in [0.1, 0.15) is 22.3 Å². The molecule has 0 fully saturated rings. The topological polar surface area (TPSA) is 28.9 Å². The van der Waals surface area contributed by atoms with Gasteiger partial charge in [0.25, 0.3) is 0 Å². The smallest absolute Gasteiger partial charge is 0.135 e. The van der Waals surface area contributed by atoms with Gasteiger partial charge in [0.1, 0.15) is 22.7 Å². The summed E-state index contributed by atoms with van der Waals surface area (Å²) >= 11 is 0. The molecule has 0 atom stereocenters. The van der Waals surface area contributed by atoms with E-state index in [1.165, 1.54) is 22.3 Å². The Morgan fingerprint density at radius 2 is 0.738 bits per heavy atom. The molecule has 2 aliphatic rings. The van der Waals surface area contributed by atoms with Gasteiger partial charge in [0.15, 0.2) is 0 Å². The summed E-state index contributed by atoms with van der Waals surface area (Å²) in [6, 6.07) is 86.7. The predicted molar refractivity (Wildman–Crippen MR) is 266 cm³/mol. The van der Waals surface area contributed by atoms with E-state index in [1.54, 1.807) is 0 Å². The third kappa shape index (κ3) is 5.77. The standard InChI is InChI=1S/C61H40N2O2/c1-3-15-43(16-4-1)62(44-17-5-2-6-18-44)45-31-27-41(28-32-45)42-29-33-46(34-30-42)63(48-36-38-58-52(40-48)50-20-8-12-24-57(50)64-58)47-35-37-54-51(39-47)49-19-7-9-21-53(49)61(54)55-22-10-13-25-59(55)65-60-26-14-11-23-56(60)61/h1-40H. The minimum Gasteiger partial charge on any atom is -0.457 e. The second kappa shape index (κ2) is 14.8. The second-order valence-electron chi connectivity index (χ2n) is 16.8. The summed E-state index contributed by atoms with van der Waals surface area (Å²) in [6.45, 7) is 0. The Hall–Kier alpha value is -8.60. The van der Waals surface area contributed by atoms with Gasteiger partial charge in [-0.15, -0.1) is 0 Å². The van der Waals surface area contributed by atoms with E-state index in [9.17, 15) is 0 Å². The highest BCUT2D eigenvalue weighted by Gasteiger charge is 2.51. The Morgan fingerprint density at radius 1 is 0.292 bits per heavy atom. The van der Waals surface area contributed by atoms with E-state index < -0.39 is 5.41 Å². The van der Waals surface area contributed by atoms with Crippen LogP contribution in [-0.2, 0) is 5.41 Å². The number of hydrogen-bond acceptors (Lipinski definition) is 4. The number of nitrogens with zero attached hydrogens (tertiary/aromatic N) is 2. The van der Waals surface area contributed by atoms with E-state index in [-0.39, 0.29) is 0 Å². The SMILES string of the molecule is c1ccc(N(c2ccccc2)c2ccc(-c3ccc(N(c4ccc5c(c4)-c4ccccc4C54c5ccccc5Oc5ccccc54)c4ccc5oc6ccccc6c5c4)cc3)cc2)cc1. The van der Waals surface area contributed by atoms with Crippen molar-refractivity contribution in [3.05, 3.63) is 265 Å². The molecule has 4 heteroatoms. The van der Waals surface area contributed by atoms with Crippen molar-refractivity contribution in [2.75, 3.05) is 9.80 Å². The summed E-state index contributed by atoms with van der Waals surface area (Å²) in [7, 11) is 0. The van der Waals surface area contributed by atoms with Crippen LogP contribution >= 0.6 is 0 Å². The first-order chi connectivity index (χ1) is 32.2. The monoisotopic (exact) mass is 832 g/mol. The molecule has 1 aliphatic heterocycles. The maximum Gasteiger partial charge on any atom is 0.135 e. The lowest BCUT2D eigenvalue weighted by Gasteiger charge is -2.39. The first-order valence-electron chi connectivity index (χ1n) is 22.2. The van der Waals surface area contributed by atoms with Crippen LogP contribution < -0.4 is 14.5 Å². The number of hydrogen-bond donors (Lipinski definition) is 0. The highest BCUT2D eigenvalue weighted by Crippen LogP contribution is 2.62. The van der Waals surface area contributed by atoms with E-state index in [0.29, 0.717) is 0 Å². The first-order valence-corrected chi connectivity index (χ1v) is 22.2. The summed E-state index contributed by atoms with van der Waals surface area (Å²) in [6.07, 6.45) is 0. The average Bonchev–Trinajstić information content (AvgIpc) is 3.89. The van der Waals surface area contributed by atoms with Crippen molar-refractivity contribution in [2.45, 2.75) is 5.41 Å². The molecule has 11 aromatic rings. The minimum absolute atomic E-state index is 0.536. The van der Waals surface area contributed by atoms with Crippen molar-refractivity contribution in [1.29, 1.82) is 0 Å². The summed E-state index contributed by atoms with van der Waals surface area (Å²) in [4.78, 5) is 4.67. The van der Waals surface area contributed by atoms with E-state index >= 15 is 0 Å². The number of ether oxygens (including phenoxy) is 1. The number of fused-ring (bicyclic) bond motifs is 12. The first kappa shape index (κ1) is 37.0. The average molecular weight is 833 g/mol. The fraction of sp³-hybridized carbons (Fsp3) is 0.0164. The molecule has 13 rings (SSSR count). The van der Waals surface area contributed by atoms with Crippen molar-refractivity contribution in [3.8, 4) is 33.8 Å². The maximum atomic E-state index is 6.61. The van der Waals surface area contributed by atoms with Crippen molar-refractivity contribution in [2.24, 2.45) is 0 Å². The highest BCUT2D eigenvalue weighted by atomic mass is 16.5. The molecule has 4 nitrogen and oxygen atoms in total. The lowest BCUT2D eigenvalue weighted by Crippen LogP contribution is -2.32. The molecular weight excluding hydrogens is 793 g/mol. The molecule has 1 aromatic heterocycles. The van der Waals surface area contributed by atoms with Crippen LogP contribution in [-0.4, -0.2) is 0 Å². The van der Waals surface area contributed by atoms with Gasteiger partial charge in [-0.3, -0.25) is 0 Å². The zero-order valence-electron chi connectivity index (χ0n) is 35.3. The fourth-order valence-electron chi connectivity index (χ4n) is 10.5. The van der Waals surface area contributed by atoms with Gasteiger partial charge in [0, 0.05) is 56.0 Å². The molecule has 0 amide bonds. The second-order valence-corrected chi connectivity index (χ2v) is 16.8. The third-order valence-electron chi connectivity index (χ3n) is 13.3. The molecule has 1 spiro atoms. The highest BCUT2D eigenvalue weighted by molar-refractivity contribution is 6.06. The van der Waals surface area contributed by atoms with Crippen molar-refractivity contribution >= 4 is 56.1 Å². The molecule has 1 aliphatic carbocycles. The maximum absolute atomic E-state index is 6.61. The predicted octanol–water partition coefficient (Wildman–Crippen LogP) is 16.7. The van der Waals surface area contributed by atoms with Gasteiger partial charge in [-0.05, 0) is 130 Å².